The maximum Gasteiger partial charge on any atom is 0.339 e. The van der Waals surface area contributed by atoms with E-state index in [1.807, 2.05) is 0 Å². The first-order valence-electron chi connectivity index (χ1n) is 20.7. The molecule has 0 unspecified atom stereocenters. The second-order valence-electron chi connectivity index (χ2n) is 19.8. The molecule has 2 aromatic carbocycles. The van der Waals surface area contributed by atoms with Gasteiger partial charge in [0.1, 0.15) is 4.90 Å². The Hall–Kier alpha value is -2.18. The van der Waals surface area contributed by atoms with Crippen LogP contribution in [-0.4, -0.2) is 21.4 Å². The molecule has 12 saturated carbocycles. The molecular formula is C42H48F4O6S2. The Labute approximate surface area is 315 Å². The molecule has 54 heavy (non-hydrogen) atoms. The molecule has 6 nitrogen and oxygen atoms in total. The lowest BCUT2D eigenvalue weighted by atomic mass is 9.48. The molecule has 1 N–H and O–H groups in total. The molecule has 12 aliphatic carbocycles. The van der Waals surface area contributed by atoms with Crippen LogP contribution in [-0.2, 0) is 20.2 Å². The Morgan fingerprint density at radius 3 is 1.09 bits per heavy atom. The predicted molar refractivity (Wildman–Crippen MR) is 190 cm³/mol. The van der Waals surface area contributed by atoms with E-state index in [-0.39, 0.29) is 40.4 Å². The summed E-state index contributed by atoms with van der Waals surface area (Å²) < 4.78 is 130. The summed E-state index contributed by atoms with van der Waals surface area (Å²) in [5, 5.41) is 0. The van der Waals surface area contributed by atoms with Crippen LogP contribution in [0.1, 0.15) is 131 Å². The fourth-order valence-corrected chi connectivity index (χ4v) is 18.1. The van der Waals surface area contributed by atoms with Gasteiger partial charge in [-0.2, -0.15) is 25.6 Å². The van der Waals surface area contributed by atoms with Crippen molar-refractivity contribution in [3.8, 4) is 5.75 Å². The van der Waals surface area contributed by atoms with Gasteiger partial charge in [-0.3, -0.25) is 4.55 Å². The van der Waals surface area contributed by atoms with Crippen LogP contribution in [0.15, 0.2) is 21.9 Å². The number of rotatable bonds is 7. The summed E-state index contributed by atoms with van der Waals surface area (Å²) in [6, 6.07) is 4.26. The summed E-state index contributed by atoms with van der Waals surface area (Å²) >= 11 is 0. The Balaban J connectivity index is 1.13. The van der Waals surface area contributed by atoms with Gasteiger partial charge in [0.15, 0.2) is 16.5 Å². The summed E-state index contributed by atoms with van der Waals surface area (Å²) in [6.45, 7) is 0. The molecule has 12 bridgehead atoms. The lowest BCUT2D eigenvalue weighted by molar-refractivity contribution is -0.00867. The van der Waals surface area contributed by atoms with Crippen LogP contribution in [0.25, 0.3) is 0 Å². The van der Waals surface area contributed by atoms with Crippen LogP contribution in [0.2, 0.25) is 0 Å². The summed E-state index contributed by atoms with van der Waals surface area (Å²) in [5.41, 5.74) is 2.52. The summed E-state index contributed by atoms with van der Waals surface area (Å²) in [4.78, 5) is -2.31. The molecule has 12 fully saturated rings. The van der Waals surface area contributed by atoms with Gasteiger partial charge in [-0.05, 0) is 202 Å². The first-order valence-corrected chi connectivity index (χ1v) is 23.5. The molecule has 0 amide bonds. The van der Waals surface area contributed by atoms with Crippen LogP contribution >= 0.6 is 0 Å². The topological polar surface area (TPSA) is 97.7 Å². The average molecular weight is 789 g/mol. The van der Waals surface area contributed by atoms with Gasteiger partial charge in [0.25, 0.3) is 0 Å². The maximum atomic E-state index is 15.6. The average Bonchev–Trinajstić information content (AvgIpc) is 3.07. The van der Waals surface area contributed by atoms with Crippen LogP contribution < -0.4 is 4.18 Å². The monoisotopic (exact) mass is 788 g/mol. The van der Waals surface area contributed by atoms with Crippen molar-refractivity contribution in [2.75, 3.05) is 0 Å². The molecule has 0 aromatic heterocycles. The van der Waals surface area contributed by atoms with E-state index in [1.54, 1.807) is 0 Å². The van der Waals surface area contributed by atoms with Crippen LogP contribution in [0.3, 0.4) is 0 Å². The summed E-state index contributed by atoms with van der Waals surface area (Å²) in [6.07, 6.45) is 16.5. The van der Waals surface area contributed by atoms with Crippen molar-refractivity contribution in [3.63, 3.8) is 0 Å². The lowest BCUT2D eigenvalue weighted by Crippen LogP contribution is -2.46. The van der Waals surface area contributed by atoms with Gasteiger partial charge in [0, 0.05) is 0 Å². The van der Waals surface area contributed by atoms with Gasteiger partial charge in [-0.1, -0.05) is 12.1 Å². The second kappa shape index (κ2) is 11.9. The molecule has 12 aliphatic rings. The quantitative estimate of drug-likeness (QED) is 0.130. The van der Waals surface area contributed by atoms with E-state index in [4.69, 9.17) is 4.18 Å². The third-order valence-corrected chi connectivity index (χ3v) is 19.1. The van der Waals surface area contributed by atoms with E-state index in [0.717, 1.165) is 63.2 Å². The van der Waals surface area contributed by atoms with Crippen molar-refractivity contribution in [2.24, 2.45) is 71.0 Å². The molecule has 0 heterocycles. The highest BCUT2D eigenvalue weighted by Gasteiger charge is 2.55. The van der Waals surface area contributed by atoms with E-state index < -0.39 is 54.2 Å². The van der Waals surface area contributed by atoms with Crippen LogP contribution in [0, 0.1) is 94.3 Å². The Morgan fingerprint density at radius 1 is 0.463 bits per heavy atom. The van der Waals surface area contributed by atoms with E-state index in [1.165, 1.54) is 50.5 Å². The van der Waals surface area contributed by atoms with Crippen molar-refractivity contribution in [3.05, 3.63) is 52.1 Å². The van der Waals surface area contributed by atoms with Crippen LogP contribution in [0.4, 0.5) is 17.6 Å². The van der Waals surface area contributed by atoms with Crippen molar-refractivity contribution in [2.45, 2.75) is 124 Å². The zero-order valence-electron chi connectivity index (χ0n) is 30.2. The van der Waals surface area contributed by atoms with Crippen molar-refractivity contribution >= 4 is 20.2 Å². The SMILES string of the molecule is O=S(=O)(O)c1c(F)c(F)c(OS(=O)(=O)c2c(C3C4CC5CC(C4)CC3C5)cc(C3C4CC5CC(C4)CC3C5)cc2C2C3CC4CC(C3)CC2C4)c(F)c1F. The van der Waals surface area contributed by atoms with E-state index >= 15 is 26.0 Å². The highest BCUT2D eigenvalue weighted by Crippen LogP contribution is 2.66. The van der Waals surface area contributed by atoms with Gasteiger partial charge in [-0.25, -0.2) is 8.78 Å². The van der Waals surface area contributed by atoms with E-state index in [9.17, 15) is 13.0 Å². The maximum absolute atomic E-state index is 15.6. The molecule has 12 heteroatoms. The number of hydrogen-bond donors (Lipinski definition) is 1. The largest absolute Gasteiger partial charge is 0.372 e. The van der Waals surface area contributed by atoms with Gasteiger partial charge in [-0.15, -0.1) is 0 Å². The fraction of sp³-hybridized carbons (Fsp3) is 0.714. The number of benzene rings is 2. The first-order chi connectivity index (χ1) is 25.7. The Bertz CT molecular complexity index is 1990. The third-order valence-electron chi connectivity index (χ3n) is 16.8. The lowest BCUT2D eigenvalue weighted by Gasteiger charge is -2.57. The highest BCUT2D eigenvalue weighted by molar-refractivity contribution is 7.87. The second-order valence-corrected chi connectivity index (χ2v) is 22.7. The summed E-state index contributed by atoms with van der Waals surface area (Å²) in [7, 11) is -10.9. The molecule has 0 aliphatic heterocycles. The minimum Gasteiger partial charge on any atom is -0.372 e. The number of halogens is 4. The van der Waals surface area contributed by atoms with Crippen molar-refractivity contribution in [1.82, 2.24) is 0 Å². The zero-order chi connectivity index (χ0) is 37.2. The number of hydrogen-bond acceptors (Lipinski definition) is 5. The molecule has 0 spiro atoms. The molecule has 292 valence electrons. The standard InChI is InChI=1S/C42H48F4O6S2/c43-36-38(45)42(53(47,48)49)39(46)37(44)40(36)52-54(50,51)41-31(34-26-8-20-2-21(10-26)11-27(34)9-20)16-30(33-24-4-18-1-19(6-24)7-25(33)5-18)17-32(41)35-28-12-22-3-23(14-28)15-29(35)13-22/h16-29,33-35H,1-15H2,(H,47,48,49). The molecular weight excluding hydrogens is 741 g/mol. The fourth-order valence-electron chi connectivity index (χ4n) is 16.1. The minimum absolute atomic E-state index is 0.0801. The first kappa shape index (κ1) is 35.0. The van der Waals surface area contributed by atoms with Crippen LogP contribution in [0.5, 0.6) is 5.75 Å². The molecule has 2 aromatic rings. The molecule has 14 rings (SSSR count). The van der Waals surface area contributed by atoms with Crippen molar-refractivity contribution in [1.29, 1.82) is 0 Å². The molecule has 0 radical (unpaired) electrons. The normalized spacial score (nSPS) is 42.6. The van der Waals surface area contributed by atoms with E-state index in [2.05, 4.69) is 12.1 Å². The smallest absolute Gasteiger partial charge is 0.339 e. The van der Waals surface area contributed by atoms with Gasteiger partial charge < -0.3 is 4.18 Å². The summed E-state index contributed by atoms with van der Waals surface area (Å²) in [5.74, 6) is -5.27. The van der Waals surface area contributed by atoms with Gasteiger partial charge in [0.05, 0.1) is 0 Å². The van der Waals surface area contributed by atoms with Gasteiger partial charge >= 0.3 is 20.2 Å². The van der Waals surface area contributed by atoms with Crippen molar-refractivity contribution < 1.29 is 43.1 Å². The minimum atomic E-state index is -5.74. The van der Waals surface area contributed by atoms with E-state index in [0.29, 0.717) is 52.6 Å². The third kappa shape index (κ3) is 5.22. The zero-order valence-corrected chi connectivity index (χ0v) is 31.9. The predicted octanol–water partition coefficient (Wildman–Crippen LogP) is 9.88. The Kier molecular flexibility index (Phi) is 7.74. The molecule has 0 saturated heterocycles. The van der Waals surface area contributed by atoms with Gasteiger partial charge in [0.2, 0.25) is 17.4 Å². The highest BCUT2D eigenvalue weighted by atomic mass is 32.2. The molecule has 0 atom stereocenters. The Morgan fingerprint density at radius 2 is 0.778 bits per heavy atom.